The summed E-state index contributed by atoms with van der Waals surface area (Å²) in [7, 11) is 0. The zero-order valence-corrected chi connectivity index (χ0v) is 14.4. The topological polar surface area (TPSA) is 41.5 Å². The predicted octanol–water partition coefficient (Wildman–Crippen LogP) is 3.84. The first-order valence-corrected chi connectivity index (χ1v) is 7.97. The summed E-state index contributed by atoms with van der Waals surface area (Å²) in [6.45, 7) is 13.5. The molecule has 120 valence electrons. The van der Waals surface area contributed by atoms with Crippen LogP contribution in [0.25, 0.3) is 0 Å². The van der Waals surface area contributed by atoms with Gasteiger partial charge in [0.25, 0.3) is 0 Å². The van der Waals surface area contributed by atoms with Crippen LogP contribution in [0.4, 0.5) is 0 Å². The molecule has 21 heavy (non-hydrogen) atoms. The van der Waals surface area contributed by atoms with Crippen LogP contribution in [0, 0.1) is 12.8 Å². The molecular weight excluding hydrogens is 262 g/mol. The van der Waals surface area contributed by atoms with Crippen LogP contribution in [0.15, 0.2) is 18.2 Å². The Balaban J connectivity index is 2.87. The lowest BCUT2D eigenvalue weighted by molar-refractivity contribution is -0.0269. The van der Waals surface area contributed by atoms with Gasteiger partial charge in [0, 0.05) is 11.6 Å². The normalized spacial score (nSPS) is 15.8. The van der Waals surface area contributed by atoms with Crippen molar-refractivity contribution in [3.63, 3.8) is 0 Å². The molecule has 2 atom stereocenters. The molecule has 3 heteroatoms. The van der Waals surface area contributed by atoms with Crippen molar-refractivity contribution >= 4 is 0 Å². The molecule has 0 spiro atoms. The maximum atomic E-state index is 10.4. The predicted molar refractivity (Wildman–Crippen MR) is 88.8 cm³/mol. The number of benzene rings is 1. The fourth-order valence-corrected chi connectivity index (χ4v) is 1.99. The van der Waals surface area contributed by atoms with Crippen LogP contribution in [0.5, 0.6) is 5.75 Å². The molecule has 2 N–H and O–H groups in total. The second-order valence-electron chi connectivity index (χ2n) is 6.52. The lowest BCUT2D eigenvalue weighted by atomic mass is 9.93. The van der Waals surface area contributed by atoms with Gasteiger partial charge in [-0.3, -0.25) is 0 Å². The first-order valence-electron chi connectivity index (χ1n) is 7.97. The molecule has 1 aromatic carbocycles. The summed E-state index contributed by atoms with van der Waals surface area (Å²) in [4.78, 5) is 0. The van der Waals surface area contributed by atoms with Crippen molar-refractivity contribution in [3.8, 4) is 5.75 Å². The number of ether oxygens (including phenoxy) is 1. The Hall–Kier alpha value is -1.06. The molecule has 1 rings (SSSR count). The number of nitrogens with one attached hydrogen (secondary N) is 1. The van der Waals surface area contributed by atoms with Crippen LogP contribution >= 0.6 is 0 Å². The first-order chi connectivity index (χ1) is 9.77. The maximum absolute atomic E-state index is 10.4. The third-order valence-electron chi connectivity index (χ3n) is 4.10. The van der Waals surface area contributed by atoms with Crippen molar-refractivity contribution in [2.45, 2.75) is 59.6 Å². The number of rotatable bonds is 8. The summed E-state index contributed by atoms with van der Waals surface area (Å²) in [6, 6.07) is 6.51. The van der Waals surface area contributed by atoms with Crippen molar-refractivity contribution < 1.29 is 9.84 Å². The quantitative estimate of drug-likeness (QED) is 0.765. The Labute approximate surface area is 129 Å². The van der Waals surface area contributed by atoms with E-state index in [-0.39, 0.29) is 12.0 Å². The Bertz CT molecular complexity index is 441. The molecule has 0 bridgehead atoms. The fourth-order valence-electron chi connectivity index (χ4n) is 1.99. The first kappa shape index (κ1) is 18.0. The lowest BCUT2D eigenvalue weighted by Gasteiger charge is -2.28. The van der Waals surface area contributed by atoms with Crippen molar-refractivity contribution in [1.82, 2.24) is 5.32 Å². The van der Waals surface area contributed by atoms with Gasteiger partial charge in [0.05, 0.1) is 5.60 Å². The smallest absolute Gasteiger partial charge is 0.124 e. The van der Waals surface area contributed by atoms with Crippen molar-refractivity contribution in [1.29, 1.82) is 0 Å². The van der Waals surface area contributed by atoms with Crippen molar-refractivity contribution in [2.75, 3.05) is 13.2 Å². The molecule has 3 nitrogen and oxygen atoms in total. The Morgan fingerprint density at radius 2 is 1.95 bits per heavy atom. The monoisotopic (exact) mass is 293 g/mol. The van der Waals surface area contributed by atoms with Crippen LogP contribution in [-0.4, -0.2) is 23.9 Å². The Morgan fingerprint density at radius 3 is 2.52 bits per heavy atom. The number of aliphatic hydroxyl groups is 1. The van der Waals surface area contributed by atoms with E-state index in [2.05, 4.69) is 44.3 Å². The van der Waals surface area contributed by atoms with Gasteiger partial charge in [-0.05, 0) is 51.3 Å². The second kappa shape index (κ2) is 7.81. The average Bonchev–Trinajstić information content (AvgIpc) is 2.42. The van der Waals surface area contributed by atoms with E-state index in [9.17, 15) is 5.11 Å². The summed E-state index contributed by atoms with van der Waals surface area (Å²) in [6.07, 6.45) is 1.11. The molecule has 0 radical (unpaired) electrons. The maximum Gasteiger partial charge on any atom is 0.124 e. The van der Waals surface area contributed by atoms with E-state index in [0.717, 1.165) is 24.3 Å². The third-order valence-corrected chi connectivity index (χ3v) is 4.10. The molecular formula is C18H31NO2. The van der Waals surface area contributed by atoms with Gasteiger partial charge in [0.15, 0.2) is 0 Å². The van der Waals surface area contributed by atoms with Gasteiger partial charge >= 0.3 is 0 Å². The van der Waals surface area contributed by atoms with E-state index < -0.39 is 5.60 Å². The van der Waals surface area contributed by atoms with E-state index in [4.69, 9.17) is 4.74 Å². The molecule has 0 aliphatic carbocycles. The van der Waals surface area contributed by atoms with Crippen LogP contribution < -0.4 is 10.1 Å². The summed E-state index contributed by atoms with van der Waals surface area (Å²) < 4.78 is 5.96. The summed E-state index contributed by atoms with van der Waals surface area (Å²) >= 11 is 0. The average molecular weight is 293 g/mol. The SMILES string of the molecule is CCCNC(C)c1ccc(C)cc1OCC(C)(O)C(C)C. The highest BCUT2D eigenvalue weighted by atomic mass is 16.5. The van der Waals surface area contributed by atoms with Crippen molar-refractivity contribution in [3.05, 3.63) is 29.3 Å². The summed E-state index contributed by atoms with van der Waals surface area (Å²) in [5.74, 6) is 1.02. The van der Waals surface area contributed by atoms with Crippen LogP contribution in [0.1, 0.15) is 58.2 Å². The molecule has 0 saturated carbocycles. The lowest BCUT2D eigenvalue weighted by Crippen LogP contribution is -2.38. The molecule has 0 amide bonds. The van der Waals surface area contributed by atoms with Gasteiger partial charge in [-0.2, -0.15) is 0 Å². The number of hydrogen-bond acceptors (Lipinski definition) is 3. The molecule has 0 fully saturated rings. The second-order valence-corrected chi connectivity index (χ2v) is 6.52. The molecule has 1 aromatic rings. The third kappa shape index (κ3) is 5.33. The van der Waals surface area contributed by atoms with Gasteiger partial charge in [-0.1, -0.05) is 32.9 Å². The number of hydrogen-bond donors (Lipinski definition) is 2. The Kier molecular flexibility index (Phi) is 6.69. The highest BCUT2D eigenvalue weighted by Crippen LogP contribution is 2.28. The molecule has 2 unspecified atom stereocenters. The standard InChI is InChI=1S/C18H31NO2/c1-7-10-19-15(5)16-9-8-14(4)11-17(16)21-12-18(6,20)13(2)3/h8-9,11,13,15,19-20H,7,10,12H2,1-6H3. The molecule has 0 aliphatic rings. The van der Waals surface area contributed by atoms with Crippen molar-refractivity contribution in [2.24, 2.45) is 5.92 Å². The van der Waals surface area contributed by atoms with E-state index in [1.807, 2.05) is 20.8 Å². The molecule has 0 heterocycles. The fraction of sp³-hybridized carbons (Fsp3) is 0.667. The largest absolute Gasteiger partial charge is 0.490 e. The molecule has 0 aromatic heterocycles. The highest BCUT2D eigenvalue weighted by Gasteiger charge is 2.26. The summed E-state index contributed by atoms with van der Waals surface area (Å²) in [5, 5.41) is 13.8. The molecule has 0 saturated heterocycles. The van der Waals surface area contributed by atoms with Crippen LogP contribution in [0.3, 0.4) is 0 Å². The van der Waals surface area contributed by atoms with Crippen LogP contribution in [-0.2, 0) is 0 Å². The highest BCUT2D eigenvalue weighted by molar-refractivity contribution is 5.39. The van der Waals surface area contributed by atoms with E-state index in [1.165, 1.54) is 5.56 Å². The zero-order valence-electron chi connectivity index (χ0n) is 14.4. The van der Waals surface area contributed by atoms with Gasteiger partial charge < -0.3 is 15.2 Å². The van der Waals surface area contributed by atoms with E-state index >= 15 is 0 Å². The minimum absolute atomic E-state index is 0.154. The van der Waals surface area contributed by atoms with Gasteiger partial charge in [-0.15, -0.1) is 0 Å². The summed E-state index contributed by atoms with van der Waals surface area (Å²) in [5.41, 5.74) is 1.50. The number of aryl methyl sites for hydroxylation is 1. The van der Waals surface area contributed by atoms with Crippen LogP contribution in [0.2, 0.25) is 0 Å². The molecule has 0 aliphatic heterocycles. The van der Waals surface area contributed by atoms with Gasteiger partial charge in [-0.25, -0.2) is 0 Å². The zero-order chi connectivity index (χ0) is 16.0. The minimum atomic E-state index is -0.818. The van der Waals surface area contributed by atoms with Gasteiger partial charge in [0.1, 0.15) is 12.4 Å². The minimum Gasteiger partial charge on any atom is -0.490 e. The van der Waals surface area contributed by atoms with E-state index in [1.54, 1.807) is 0 Å². The van der Waals surface area contributed by atoms with Gasteiger partial charge in [0.2, 0.25) is 0 Å². The Morgan fingerprint density at radius 1 is 1.29 bits per heavy atom. The van der Waals surface area contributed by atoms with E-state index in [0.29, 0.717) is 6.61 Å².